The Bertz CT molecular complexity index is 198. The van der Waals surface area contributed by atoms with E-state index >= 15 is 0 Å². The number of rotatable bonds is 8. The highest BCUT2D eigenvalue weighted by atomic mass is 19.4. The van der Waals surface area contributed by atoms with E-state index in [4.69, 9.17) is 0 Å². The molecule has 0 amide bonds. The normalized spacial score (nSPS) is 12.1. The van der Waals surface area contributed by atoms with Crippen molar-refractivity contribution in [2.75, 3.05) is 13.2 Å². The van der Waals surface area contributed by atoms with E-state index in [1.807, 2.05) is 13.8 Å². The zero-order valence-corrected chi connectivity index (χ0v) is 9.77. The predicted octanol–water partition coefficient (Wildman–Crippen LogP) is 3.35. The molecule has 0 saturated carbocycles. The van der Waals surface area contributed by atoms with Crippen LogP contribution in [0.2, 0.25) is 0 Å². The number of ketones is 1. The van der Waals surface area contributed by atoms with E-state index in [1.165, 1.54) is 0 Å². The minimum atomic E-state index is -4.31. The summed E-state index contributed by atoms with van der Waals surface area (Å²) in [7, 11) is 0. The fourth-order valence-electron chi connectivity index (χ4n) is 1.38. The van der Waals surface area contributed by atoms with Crippen LogP contribution in [-0.2, 0) is 9.53 Å². The van der Waals surface area contributed by atoms with E-state index < -0.39 is 12.8 Å². The number of halogens is 3. The van der Waals surface area contributed by atoms with Crippen molar-refractivity contribution in [2.24, 2.45) is 5.92 Å². The fraction of sp³-hybridized carbons (Fsp3) is 0.909. The molecule has 2 nitrogen and oxygen atoms in total. The Balaban J connectivity index is 3.58. The number of carbonyl (C=O) groups is 1. The van der Waals surface area contributed by atoms with Gasteiger partial charge in [0.05, 0.1) is 6.61 Å². The fourth-order valence-corrected chi connectivity index (χ4v) is 1.38. The van der Waals surface area contributed by atoms with Crippen molar-refractivity contribution in [1.29, 1.82) is 0 Å². The van der Waals surface area contributed by atoms with E-state index in [9.17, 15) is 18.0 Å². The van der Waals surface area contributed by atoms with Gasteiger partial charge in [-0.25, -0.2) is 0 Å². The highest BCUT2D eigenvalue weighted by molar-refractivity contribution is 5.78. The van der Waals surface area contributed by atoms with Crippen LogP contribution in [0, 0.1) is 5.92 Å². The second-order valence-electron chi connectivity index (χ2n) is 3.84. The summed E-state index contributed by atoms with van der Waals surface area (Å²) in [5.74, 6) is 0.325. The van der Waals surface area contributed by atoms with Crippen LogP contribution in [0.1, 0.15) is 39.5 Å². The van der Waals surface area contributed by atoms with E-state index in [-0.39, 0.29) is 18.8 Å². The molecule has 0 aliphatic rings. The molecule has 96 valence electrons. The van der Waals surface area contributed by atoms with Crippen molar-refractivity contribution in [2.45, 2.75) is 45.7 Å². The first-order valence-corrected chi connectivity index (χ1v) is 5.55. The van der Waals surface area contributed by atoms with Crippen LogP contribution in [0.25, 0.3) is 0 Å². The zero-order chi connectivity index (χ0) is 12.6. The van der Waals surface area contributed by atoms with Gasteiger partial charge in [0.2, 0.25) is 0 Å². The van der Waals surface area contributed by atoms with Gasteiger partial charge < -0.3 is 4.74 Å². The third kappa shape index (κ3) is 8.71. The molecule has 0 radical (unpaired) electrons. The lowest BCUT2D eigenvalue weighted by Crippen LogP contribution is -2.18. The van der Waals surface area contributed by atoms with Gasteiger partial charge in [-0.2, -0.15) is 13.2 Å². The van der Waals surface area contributed by atoms with Gasteiger partial charge in [0.1, 0.15) is 12.4 Å². The maximum atomic E-state index is 11.7. The number of Topliss-reactive ketones (excluding diaryl/α,β-unsaturated/α-hetero) is 1. The highest BCUT2D eigenvalue weighted by Gasteiger charge is 2.27. The van der Waals surface area contributed by atoms with Gasteiger partial charge in [-0.05, 0) is 5.92 Å². The summed E-state index contributed by atoms with van der Waals surface area (Å²) in [4.78, 5) is 11.3. The molecule has 0 aromatic carbocycles. The molecule has 16 heavy (non-hydrogen) atoms. The highest BCUT2D eigenvalue weighted by Crippen LogP contribution is 2.16. The molecule has 0 heterocycles. The van der Waals surface area contributed by atoms with E-state index in [0.29, 0.717) is 12.3 Å². The number of hydrogen-bond donors (Lipinski definition) is 0. The first-order chi connectivity index (χ1) is 7.39. The van der Waals surface area contributed by atoms with Gasteiger partial charge in [-0.3, -0.25) is 4.79 Å². The molecule has 0 aromatic heterocycles. The van der Waals surface area contributed by atoms with Crippen LogP contribution >= 0.6 is 0 Å². The van der Waals surface area contributed by atoms with Crippen LogP contribution in [-0.4, -0.2) is 25.2 Å². The average molecular weight is 240 g/mol. The molecular formula is C11H19F3O2. The summed E-state index contributed by atoms with van der Waals surface area (Å²) < 4.78 is 39.4. The Morgan fingerprint density at radius 2 is 1.81 bits per heavy atom. The summed E-state index contributed by atoms with van der Waals surface area (Å²) in [6.07, 6.45) is -1.94. The van der Waals surface area contributed by atoms with Gasteiger partial charge in [0.15, 0.2) is 0 Å². The SMILES string of the molecule is CCC(CC)CC(=O)CCOCC(F)(F)F. The molecular weight excluding hydrogens is 221 g/mol. The molecule has 0 fully saturated rings. The topological polar surface area (TPSA) is 26.3 Å². The number of carbonyl (C=O) groups excluding carboxylic acids is 1. The minimum absolute atomic E-state index is 0.0177. The average Bonchev–Trinajstić information content (AvgIpc) is 2.19. The van der Waals surface area contributed by atoms with Crippen LogP contribution in [0.3, 0.4) is 0 Å². The Morgan fingerprint density at radius 3 is 2.25 bits per heavy atom. The number of ether oxygens (including phenoxy) is 1. The van der Waals surface area contributed by atoms with Crippen molar-refractivity contribution in [3.8, 4) is 0 Å². The maximum Gasteiger partial charge on any atom is 0.411 e. The predicted molar refractivity (Wildman–Crippen MR) is 55.2 cm³/mol. The van der Waals surface area contributed by atoms with E-state index in [0.717, 1.165) is 12.8 Å². The lowest BCUT2D eigenvalue weighted by molar-refractivity contribution is -0.174. The standard InChI is InChI=1S/C11H19F3O2/c1-3-9(4-2)7-10(15)5-6-16-8-11(12,13)14/h9H,3-8H2,1-2H3. The van der Waals surface area contributed by atoms with Crippen molar-refractivity contribution in [3.05, 3.63) is 0 Å². The van der Waals surface area contributed by atoms with Gasteiger partial charge in [0, 0.05) is 12.8 Å². The van der Waals surface area contributed by atoms with E-state index in [1.54, 1.807) is 0 Å². The second-order valence-corrected chi connectivity index (χ2v) is 3.84. The van der Waals surface area contributed by atoms with Crippen LogP contribution < -0.4 is 0 Å². The largest absolute Gasteiger partial charge is 0.411 e. The monoisotopic (exact) mass is 240 g/mol. The third-order valence-electron chi connectivity index (χ3n) is 2.46. The first kappa shape index (κ1) is 15.4. The molecule has 0 spiro atoms. The van der Waals surface area contributed by atoms with Crippen molar-refractivity contribution in [1.82, 2.24) is 0 Å². The Morgan fingerprint density at radius 1 is 1.25 bits per heavy atom. The molecule has 0 saturated heterocycles. The maximum absolute atomic E-state index is 11.7. The van der Waals surface area contributed by atoms with Gasteiger partial charge in [-0.15, -0.1) is 0 Å². The third-order valence-corrected chi connectivity index (χ3v) is 2.46. The molecule has 0 rings (SSSR count). The summed E-state index contributed by atoms with van der Waals surface area (Å²) in [5, 5.41) is 0. The summed E-state index contributed by atoms with van der Waals surface area (Å²) in [6.45, 7) is 2.59. The van der Waals surface area contributed by atoms with Crippen molar-refractivity contribution < 1.29 is 22.7 Å². The second kappa shape index (κ2) is 7.65. The Hall–Kier alpha value is -0.580. The minimum Gasteiger partial charge on any atom is -0.372 e. The molecule has 0 aromatic rings. The van der Waals surface area contributed by atoms with Crippen LogP contribution in [0.5, 0.6) is 0 Å². The lowest BCUT2D eigenvalue weighted by Gasteiger charge is -2.11. The number of alkyl halides is 3. The van der Waals surface area contributed by atoms with Gasteiger partial charge in [-0.1, -0.05) is 26.7 Å². The van der Waals surface area contributed by atoms with Gasteiger partial charge >= 0.3 is 6.18 Å². The van der Waals surface area contributed by atoms with Crippen LogP contribution in [0.15, 0.2) is 0 Å². The lowest BCUT2D eigenvalue weighted by atomic mass is 9.96. The van der Waals surface area contributed by atoms with Crippen molar-refractivity contribution in [3.63, 3.8) is 0 Å². The molecule has 0 atom stereocenters. The van der Waals surface area contributed by atoms with Gasteiger partial charge in [0.25, 0.3) is 0 Å². The molecule has 5 heteroatoms. The molecule has 0 unspecified atom stereocenters. The Kier molecular flexibility index (Phi) is 7.38. The zero-order valence-electron chi connectivity index (χ0n) is 9.77. The first-order valence-electron chi connectivity index (χ1n) is 5.55. The van der Waals surface area contributed by atoms with Crippen molar-refractivity contribution >= 4 is 5.78 Å². The molecule has 0 bridgehead atoms. The summed E-state index contributed by atoms with van der Waals surface area (Å²) in [5.41, 5.74) is 0. The summed E-state index contributed by atoms with van der Waals surface area (Å²) in [6, 6.07) is 0. The molecule has 0 aliphatic carbocycles. The molecule has 0 N–H and O–H groups in total. The Labute approximate surface area is 94.2 Å². The quantitative estimate of drug-likeness (QED) is 0.608. The van der Waals surface area contributed by atoms with E-state index in [2.05, 4.69) is 4.74 Å². The smallest absolute Gasteiger partial charge is 0.372 e. The molecule has 0 aliphatic heterocycles. The summed E-state index contributed by atoms with van der Waals surface area (Å²) >= 11 is 0. The van der Waals surface area contributed by atoms with Crippen LogP contribution in [0.4, 0.5) is 13.2 Å². The number of hydrogen-bond acceptors (Lipinski definition) is 2.